The van der Waals surface area contributed by atoms with Gasteiger partial charge in [-0.05, 0) is 54.6 Å². The Hall–Kier alpha value is -1.07. The third kappa shape index (κ3) is 4.80. The second-order valence-electron chi connectivity index (χ2n) is 4.94. The Morgan fingerprint density at radius 1 is 1.25 bits per heavy atom. The molecule has 0 spiro atoms. The van der Waals surface area contributed by atoms with E-state index in [1.807, 2.05) is 37.2 Å². The van der Waals surface area contributed by atoms with Gasteiger partial charge in [0.25, 0.3) is 5.91 Å². The number of halogens is 1. The number of methoxy groups -OCH3 is 1. The van der Waals surface area contributed by atoms with Crippen LogP contribution in [0, 0.1) is 0 Å². The molecule has 0 aliphatic rings. The van der Waals surface area contributed by atoms with E-state index in [0.29, 0.717) is 5.56 Å². The van der Waals surface area contributed by atoms with E-state index >= 15 is 0 Å². The monoisotopic (exact) mass is 342 g/mol. The minimum absolute atomic E-state index is 0.0667. The van der Waals surface area contributed by atoms with Gasteiger partial charge in [0.15, 0.2) is 0 Å². The molecule has 0 fully saturated rings. The Morgan fingerprint density at radius 2 is 1.95 bits per heavy atom. The first-order valence-corrected chi connectivity index (χ1v) is 7.56. The van der Waals surface area contributed by atoms with Crippen LogP contribution in [0.5, 0.6) is 5.75 Å². The molecule has 4 nitrogen and oxygen atoms in total. The molecule has 0 unspecified atom stereocenters. The summed E-state index contributed by atoms with van der Waals surface area (Å²) in [6, 6.07) is 5.44. The summed E-state index contributed by atoms with van der Waals surface area (Å²) in [6.45, 7) is 4.46. The molecule has 0 aromatic heterocycles. The van der Waals surface area contributed by atoms with Crippen LogP contribution < -0.4 is 4.74 Å². The Morgan fingerprint density at radius 3 is 2.45 bits per heavy atom. The Labute approximate surface area is 129 Å². The number of hydrogen-bond acceptors (Lipinski definition) is 3. The number of amides is 1. The number of carbonyl (C=O) groups excluding carboxylic acids is 1. The van der Waals surface area contributed by atoms with Crippen molar-refractivity contribution in [3.8, 4) is 5.75 Å². The lowest BCUT2D eigenvalue weighted by molar-refractivity contribution is 0.0745. The molecule has 20 heavy (non-hydrogen) atoms. The van der Waals surface area contributed by atoms with Crippen molar-refractivity contribution in [1.29, 1.82) is 0 Å². The topological polar surface area (TPSA) is 32.8 Å². The summed E-state index contributed by atoms with van der Waals surface area (Å²) >= 11 is 3.42. The van der Waals surface area contributed by atoms with Gasteiger partial charge in [-0.15, -0.1) is 0 Å². The van der Waals surface area contributed by atoms with Gasteiger partial charge in [0.05, 0.1) is 11.6 Å². The normalized spacial score (nSPS) is 10.7. The van der Waals surface area contributed by atoms with Crippen LogP contribution in [0.1, 0.15) is 23.7 Å². The first kappa shape index (κ1) is 17.0. The van der Waals surface area contributed by atoms with E-state index in [2.05, 4.69) is 27.8 Å². The number of rotatable bonds is 7. The van der Waals surface area contributed by atoms with Crippen molar-refractivity contribution in [2.45, 2.75) is 13.3 Å². The zero-order valence-corrected chi connectivity index (χ0v) is 14.2. The molecule has 1 rings (SSSR count). The number of carbonyl (C=O) groups is 1. The summed E-state index contributed by atoms with van der Waals surface area (Å²) in [5.74, 6) is 0.800. The van der Waals surface area contributed by atoms with Gasteiger partial charge in [0, 0.05) is 25.2 Å². The maximum absolute atomic E-state index is 12.5. The number of nitrogens with zero attached hydrogens (tertiary/aromatic N) is 2. The smallest absolute Gasteiger partial charge is 0.253 e. The first-order chi connectivity index (χ1) is 9.49. The van der Waals surface area contributed by atoms with E-state index in [0.717, 1.165) is 36.3 Å². The highest BCUT2D eigenvalue weighted by atomic mass is 79.9. The summed E-state index contributed by atoms with van der Waals surface area (Å²) in [5, 5.41) is 0. The molecule has 0 radical (unpaired) electrons. The highest BCUT2D eigenvalue weighted by Gasteiger charge is 2.16. The predicted molar refractivity (Wildman–Crippen MR) is 85.4 cm³/mol. The van der Waals surface area contributed by atoms with E-state index in [4.69, 9.17) is 4.74 Å². The zero-order valence-electron chi connectivity index (χ0n) is 12.6. The van der Waals surface area contributed by atoms with Crippen LogP contribution in [0.4, 0.5) is 0 Å². The quantitative estimate of drug-likeness (QED) is 0.763. The van der Waals surface area contributed by atoms with Crippen molar-refractivity contribution in [3.05, 3.63) is 28.2 Å². The van der Waals surface area contributed by atoms with Gasteiger partial charge >= 0.3 is 0 Å². The number of likely N-dealkylation sites (N-methyl/N-ethyl adjacent to an activating group) is 1. The summed E-state index contributed by atoms with van der Waals surface area (Å²) in [7, 11) is 5.64. The summed E-state index contributed by atoms with van der Waals surface area (Å²) in [5.41, 5.74) is 0.685. The summed E-state index contributed by atoms with van der Waals surface area (Å²) in [4.78, 5) is 16.5. The third-order valence-electron chi connectivity index (χ3n) is 3.00. The van der Waals surface area contributed by atoms with Gasteiger partial charge in [-0.1, -0.05) is 6.92 Å². The van der Waals surface area contributed by atoms with Crippen molar-refractivity contribution >= 4 is 21.8 Å². The molecule has 0 heterocycles. The van der Waals surface area contributed by atoms with Crippen molar-refractivity contribution in [3.63, 3.8) is 0 Å². The van der Waals surface area contributed by atoms with Gasteiger partial charge in [0.1, 0.15) is 5.75 Å². The molecular formula is C15H23BrN2O2. The second-order valence-corrected chi connectivity index (χ2v) is 5.80. The predicted octanol–water partition coefficient (Wildman–Crippen LogP) is 2.87. The van der Waals surface area contributed by atoms with Crippen LogP contribution in [0.15, 0.2) is 22.7 Å². The highest BCUT2D eigenvalue weighted by Crippen LogP contribution is 2.26. The SMILES string of the molecule is CCCN(CCN(C)C)C(=O)c1ccc(OC)c(Br)c1. The molecule has 0 atom stereocenters. The van der Waals surface area contributed by atoms with E-state index in [9.17, 15) is 4.79 Å². The largest absolute Gasteiger partial charge is 0.496 e. The molecule has 5 heteroatoms. The van der Waals surface area contributed by atoms with Gasteiger partial charge < -0.3 is 14.5 Å². The second kappa shape index (κ2) is 8.27. The van der Waals surface area contributed by atoms with Crippen LogP contribution in [0.3, 0.4) is 0 Å². The van der Waals surface area contributed by atoms with E-state index in [1.165, 1.54) is 0 Å². The number of ether oxygens (including phenoxy) is 1. The van der Waals surface area contributed by atoms with E-state index in [-0.39, 0.29) is 5.91 Å². The Balaban J connectivity index is 2.85. The number of benzene rings is 1. The van der Waals surface area contributed by atoms with Gasteiger partial charge in [0.2, 0.25) is 0 Å². The molecule has 0 aliphatic heterocycles. The minimum atomic E-state index is 0.0667. The molecular weight excluding hydrogens is 320 g/mol. The third-order valence-corrected chi connectivity index (χ3v) is 3.62. The summed E-state index contributed by atoms with van der Waals surface area (Å²) < 4.78 is 5.99. The van der Waals surface area contributed by atoms with Crippen LogP contribution in [-0.2, 0) is 0 Å². The standard InChI is InChI=1S/C15H23BrN2O2/c1-5-8-18(10-9-17(2)3)15(19)12-6-7-14(20-4)13(16)11-12/h6-7,11H,5,8-10H2,1-4H3. The lowest BCUT2D eigenvalue weighted by atomic mass is 10.2. The minimum Gasteiger partial charge on any atom is -0.496 e. The van der Waals surface area contributed by atoms with Crippen LogP contribution in [-0.4, -0.2) is 56.5 Å². The van der Waals surface area contributed by atoms with E-state index < -0.39 is 0 Å². The lowest BCUT2D eigenvalue weighted by Gasteiger charge is -2.24. The fourth-order valence-corrected chi connectivity index (χ4v) is 2.43. The van der Waals surface area contributed by atoms with Crippen LogP contribution in [0.25, 0.3) is 0 Å². The van der Waals surface area contributed by atoms with E-state index in [1.54, 1.807) is 7.11 Å². The van der Waals surface area contributed by atoms with Crippen molar-refractivity contribution in [2.75, 3.05) is 40.8 Å². The Kier molecular flexibility index (Phi) is 7.02. The van der Waals surface area contributed by atoms with Gasteiger partial charge in [-0.3, -0.25) is 4.79 Å². The molecule has 0 bridgehead atoms. The maximum Gasteiger partial charge on any atom is 0.253 e. The highest BCUT2D eigenvalue weighted by molar-refractivity contribution is 9.10. The summed E-state index contributed by atoms with van der Waals surface area (Å²) in [6.07, 6.45) is 0.955. The molecule has 0 N–H and O–H groups in total. The molecule has 1 amide bonds. The van der Waals surface area contributed by atoms with Crippen molar-refractivity contribution < 1.29 is 9.53 Å². The average Bonchev–Trinajstić information content (AvgIpc) is 2.42. The maximum atomic E-state index is 12.5. The lowest BCUT2D eigenvalue weighted by Crippen LogP contribution is -2.37. The van der Waals surface area contributed by atoms with Gasteiger partial charge in [-0.25, -0.2) is 0 Å². The van der Waals surface area contributed by atoms with Crippen LogP contribution in [0.2, 0.25) is 0 Å². The first-order valence-electron chi connectivity index (χ1n) is 6.77. The van der Waals surface area contributed by atoms with Crippen molar-refractivity contribution in [2.24, 2.45) is 0 Å². The molecule has 0 saturated heterocycles. The van der Waals surface area contributed by atoms with Crippen molar-refractivity contribution in [1.82, 2.24) is 9.80 Å². The molecule has 112 valence electrons. The Bertz CT molecular complexity index is 449. The average molecular weight is 343 g/mol. The molecule has 0 aliphatic carbocycles. The molecule has 0 saturated carbocycles. The fourth-order valence-electron chi connectivity index (χ4n) is 1.89. The zero-order chi connectivity index (χ0) is 15.1. The number of hydrogen-bond donors (Lipinski definition) is 0. The fraction of sp³-hybridized carbons (Fsp3) is 0.533. The van der Waals surface area contributed by atoms with Gasteiger partial charge in [-0.2, -0.15) is 0 Å². The molecule has 1 aromatic rings. The van der Waals surface area contributed by atoms with Crippen LogP contribution >= 0.6 is 15.9 Å². The molecule has 1 aromatic carbocycles.